The largest absolute Gasteiger partial charge is 0.482 e. The number of nitrogens with zero attached hydrogens (tertiary/aromatic N) is 3. The zero-order valence-corrected chi connectivity index (χ0v) is 17.0. The normalized spacial score (nSPS) is 11.9. The highest BCUT2D eigenvalue weighted by molar-refractivity contribution is 5.96. The first kappa shape index (κ1) is 23.9. The minimum Gasteiger partial charge on any atom is -0.482 e. The SMILES string of the molecule is CC.CCC[C@@H](CCO)Nc1nc(N)ncc1OCC(C=C(C)C)=NC. The van der Waals surface area contributed by atoms with Gasteiger partial charge in [-0.2, -0.15) is 4.98 Å². The second kappa shape index (κ2) is 14.1. The molecule has 0 fully saturated rings. The van der Waals surface area contributed by atoms with Crippen molar-refractivity contribution in [3.05, 3.63) is 17.8 Å². The molecule has 0 saturated carbocycles. The molecular weight excluding hydrogens is 330 g/mol. The molecule has 1 aromatic heterocycles. The highest BCUT2D eigenvalue weighted by Crippen LogP contribution is 2.24. The second-order valence-corrected chi connectivity index (χ2v) is 5.81. The van der Waals surface area contributed by atoms with Crippen LogP contribution in [0, 0.1) is 0 Å². The summed E-state index contributed by atoms with van der Waals surface area (Å²) in [6.07, 6.45) is 6.08. The summed E-state index contributed by atoms with van der Waals surface area (Å²) in [5, 5.41) is 12.5. The summed E-state index contributed by atoms with van der Waals surface area (Å²) in [4.78, 5) is 12.4. The number of rotatable bonds is 10. The van der Waals surface area contributed by atoms with Crippen molar-refractivity contribution in [2.45, 2.75) is 59.9 Å². The Balaban J connectivity index is 0.00000301. The molecule has 4 N–H and O–H groups in total. The second-order valence-electron chi connectivity index (χ2n) is 5.81. The Labute approximate surface area is 157 Å². The van der Waals surface area contributed by atoms with Gasteiger partial charge in [-0.3, -0.25) is 4.99 Å². The molecular formula is C19H35N5O2. The molecule has 1 heterocycles. The van der Waals surface area contributed by atoms with E-state index in [1.54, 1.807) is 13.2 Å². The summed E-state index contributed by atoms with van der Waals surface area (Å²) < 4.78 is 5.82. The maximum Gasteiger partial charge on any atom is 0.222 e. The van der Waals surface area contributed by atoms with E-state index in [0.717, 1.165) is 24.1 Å². The van der Waals surface area contributed by atoms with Crippen molar-refractivity contribution < 1.29 is 9.84 Å². The molecule has 0 aromatic carbocycles. The number of aliphatic imine (C=N–C) groups is 1. The molecule has 0 aliphatic heterocycles. The van der Waals surface area contributed by atoms with Crippen LogP contribution in [0.2, 0.25) is 0 Å². The van der Waals surface area contributed by atoms with Gasteiger partial charge in [0.2, 0.25) is 5.95 Å². The standard InChI is InChI=1S/C17H29N5O2.C2H6/c1-5-6-13(7-8-23)21-16-15(10-20-17(18)22-16)24-11-14(19-4)9-12(2)3;1-2/h9-10,13,23H,5-8,11H2,1-4H3,(H3,18,20,21,22);1-2H3/t13-;/m0./s1. The van der Waals surface area contributed by atoms with Crippen LogP contribution in [0.1, 0.15) is 53.9 Å². The van der Waals surface area contributed by atoms with Gasteiger partial charge in [0, 0.05) is 19.7 Å². The Morgan fingerprint density at radius 2 is 2.08 bits per heavy atom. The summed E-state index contributed by atoms with van der Waals surface area (Å²) in [6, 6.07) is 0.105. The lowest BCUT2D eigenvalue weighted by Gasteiger charge is -2.19. The third-order valence-corrected chi connectivity index (χ3v) is 3.35. The van der Waals surface area contributed by atoms with Crippen molar-refractivity contribution in [3.63, 3.8) is 0 Å². The van der Waals surface area contributed by atoms with Crippen LogP contribution in [0.3, 0.4) is 0 Å². The molecule has 0 spiro atoms. The van der Waals surface area contributed by atoms with E-state index in [4.69, 9.17) is 10.5 Å². The van der Waals surface area contributed by atoms with Crippen molar-refractivity contribution >= 4 is 17.5 Å². The first-order chi connectivity index (χ1) is 12.5. The molecule has 0 amide bonds. The Morgan fingerprint density at radius 1 is 1.38 bits per heavy atom. The molecule has 7 heteroatoms. The number of nitrogen functional groups attached to an aromatic ring is 1. The Bertz CT molecular complexity index is 563. The Morgan fingerprint density at radius 3 is 2.62 bits per heavy atom. The van der Waals surface area contributed by atoms with Crippen molar-refractivity contribution in [1.29, 1.82) is 0 Å². The first-order valence-electron chi connectivity index (χ1n) is 9.23. The number of nitrogens with two attached hydrogens (primary N) is 1. The maximum atomic E-state index is 9.21. The zero-order valence-electron chi connectivity index (χ0n) is 17.0. The maximum absolute atomic E-state index is 9.21. The smallest absolute Gasteiger partial charge is 0.222 e. The topological polar surface area (TPSA) is 106 Å². The van der Waals surface area contributed by atoms with Gasteiger partial charge in [0.05, 0.1) is 11.9 Å². The Hall–Kier alpha value is -2.15. The summed E-state index contributed by atoms with van der Waals surface area (Å²) in [6.45, 7) is 10.5. The highest BCUT2D eigenvalue weighted by atomic mass is 16.5. The summed E-state index contributed by atoms with van der Waals surface area (Å²) >= 11 is 0. The molecule has 0 saturated heterocycles. The van der Waals surface area contributed by atoms with E-state index in [2.05, 4.69) is 27.2 Å². The van der Waals surface area contributed by atoms with Crippen LogP contribution in [-0.2, 0) is 0 Å². The Kier molecular flexibility index (Phi) is 12.9. The van der Waals surface area contributed by atoms with Gasteiger partial charge in [-0.15, -0.1) is 0 Å². The molecule has 0 aliphatic rings. The minimum absolute atomic E-state index is 0.105. The lowest BCUT2D eigenvalue weighted by Crippen LogP contribution is -2.22. The van der Waals surface area contributed by atoms with Gasteiger partial charge in [-0.1, -0.05) is 32.8 Å². The van der Waals surface area contributed by atoms with Crippen LogP contribution in [0.5, 0.6) is 5.75 Å². The summed E-state index contributed by atoms with van der Waals surface area (Å²) in [5.74, 6) is 1.24. The average Bonchev–Trinajstić information content (AvgIpc) is 2.61. The van der Waals surface area contributed by atoms with Gasteiger partial charge in [-0.05, 0) is 32.8 Å². The zero-order chi connectivity index (χ0) is 19.9. The summed E-state index contributed by atoms with van der Waals surface area (Å²) in [7, 11) is 1.73. The van der Waals surface area contributed by atoms with Crippen LogP contribution < -0.4 is 15.8 Å². The fourth-order valence-corrected chi connectivity index (χ4v) is 2.24. The van der Waals surface area contributed by atoms with Crippen LogP contribution in [0.25, 0.3) is 0 Å². The number of aromatic nitrogens is 2. The van der Waals surface area contributed by atoms with Crippen molar-refractivity contribution in [2.24, 2.45) is 4.99 Å². The van der Waals surface area contributed by atoms with Crippen molar-refractivity contribution in [2.75, 3.05) is 31.3 Å². The highest BCUT2D eigenvalue weighted by Gasteiger charge is 2.13. The molecule has 0 radical (unpaired) electrons. The van der Waals surface area contributed by atoms with Crippen LogP contribution in [0.15, 0.2) is 22.8 Å². The predicted octanol–water partition coefficient (Wildman–Crippen LogP) is 3.46. The van der Waals surface area contributed by atoms with E-state index in [0.29, 0.717) is 24.6 Å². The van der Waals surface area contributed by atoms with Gasteiger partial charge < -0.3 is 20.9 Å². The van der Waals surface area contributed by atoms with Crippen molar-refractivity contribution in [3.8, 4) is 5.75 Å². The number of hydrogen-bond acceptors (Lipinski definition) is 7. The van der Waals surface area contributed by atoms with E-state index in [1.165, 1.54) is 0 Å². The summed E-state index contributed by atoms with van der Waals surface area (Å²) in [5.41, 5.74) is 7.68. The molecule has 1 atom stereocenters. The van der Waals surface area contributed by atoms with Crippen LogP contribution in [-0.4, -0.2) is 47.1 Å². The quantitative estimate of drug-likeness (QED) is 0.548. The van der Waals surface area contributed by atoms with E-state index < -0.39 is 0 Å². The fraction of sp³-hybridized carbons (Fsp3) is 0.632. The van der Waals surface area contributed by atoms with E-state index >= 15 is 0 Å². The molecule has 0 unspecified atom stereocenters. The molecule has 26 heavy (non-hydrogen) atoms. The van der Waals surface area contributed by atoms with E-state index in [1.807, 2.05) is 33.8 Å². The molecule has 1 aromatic rings. The number of ether oxygens (including phenoxy) is 1. The predicted molar refractivity (Wildman–Crippen MR) is 110 cm³/mol. The minimum atomic E-state index is 0.105. The number of anilines is 2. The number of hydrogen-bond donors (Lipinski definition) is 3. The monoisotopic (exact) mass is 365 g/mol. The third kappa shape index (κ3) is 9.36. The number of aliphatic hydroxyl groups is 1. The van der Waals surface area contributed by atoms with Crippen LogP contribution >= 0.6 is 0 Å². The molecule has 1 rings (SSSR count). The van der Waals surface area contributed by atoms with Gasteiger partial charge in [0.15, 0.2) is 11.6 Å². The molecule has 0 aliphatic carbocycles. The van der Waals surface area contributed by atoms with Crippen LogP contribution in [0.4, 0.5) is 11.8 Å². The van der Waals surface area contributed by atoms with Gasteiger partial charge in [0.25, 0.3) is 0 Å². The fourth-order valence-electron chi connectivity index (χ4n) is 2.24. The van der Waals surface area contributed by atoms with Gasteiger partial charge in [0.1, 0.15) is 6.61 Å². The average molecular weight is 366 g/mol. The van der Waals surface area contributed by atoms with Crippen molar-refractivity contribution in [1.82, 2.24) is 9.97 Å². The number of allylic oxidation sites excluding steroid dienone is 1. The number of aliphatic hydroxyl groups excluding tert-OH is 1. The molecule has 148 valence electrons. The van der Waals surface area contributed by atoms with E-state index in [9.17, 15) is 5.11 Å². The lowest BCUT2D eigenvalue weighted by molar-refractivity contribution is 0.276. The number of nitrogens with one attached hydrogen (secondary N) is 1. The lowest BCUT2D eigenvalue weighted by atomic mass is 10.1. The van der Waals surface area contributed by atoms with E-state index in [-0.39, 0.29) is 18.6 Å². The molecule has 7 nitrogen and oxygen atoms in total. The van der Waals surface area contributed by atoms with Gasteiger partial charge in [-0.25, -0.2) is 4.98 Å². The van der Waals surface area contributed by atoms with Gasteiger partial charge >= 0.3 is 0 Å². The third-order valence-electron chi connectivity index (χ3n) is 3.35. The molecule has 0 bridgehead atoms. The first-order valence-corrected chi connectivity index (χ1v) is 9.23.